The zero-order valence-corrected chi connectivity index (χ0v) is 7.22. The molecule has 2 N–H and O–H groups in total. The Labute approximate surface area is 70.2 Å². The molecule has 0 radical (unpaired) electrons. The van der Waals surface area contributed by atoms with Crippen molar-refractivity contribution in [2.75, 3.05) is 0 Å². The van der Waals surface area contributed by atoms with E-state index in [0.29, 0.717) is 0 Å². The Hall–Kier alpha value is -0.220. The number of aliphatic hydroxyl groups excluding tert-OH is 1. The van der Waals surface area contributed by atoms with E-state index in [1.165, 1.54) is 13.8 Å². The van der Waals surface area contributed by atoms with Crippen molar-refractivity contribution in [1.82, 2.24) is 0 Å². The first-order valence-electron chi connectivity index (χ1n) is 4.06. The summed E-state index contributed by atoms with van der Waals surface area (Å²) in [6.45, 7) is 2.63. The molecule has 1 aliphatic carbocycles. The first-order valence-corrected chi connectivity index (χ1v) is 4.06. The van der Waals surface area contributed by atoms with Crippen LogP contribution >= 0.6 is 0 Å². The van der Waals surface area contributed by atoms with Crippen molar-refractivity contribution >= 4 is 0 Å². The van der Waals surface area contributed by atoms with Gasteiger partial charge in [0.2, 0.25) is 0 Å². The van der Waals surface area contributed by atoms with Crippen LogP contribution in [0.3, 0.4) is 0 Å². The lowest BCUT2D eigenvalue weighted by atomic mass is 9.75. The number of hydrogen-bond acceptors (Lipinski definition) is 2. The highest BCUT2D eigenvalue weighted by Crippen LogP contribution is 2.42. The van der Waals surface area contributed by atoms with E-state index < -0.39 is 23.5 Å². The predicted molar refractivity (Wildman–Crippen MR) is 40.0 cm³/mol. The van der Waals surface area contributed by atoms with Gasteiger partial charge in [-0.05, 0) is 19.8 Å². The number of halogens is 2. The zero-order valence-electron chi connectivity index (χ0n) is 7.22. The average molecular weight is 180 g/mol. The number of alkyl halides is 2. The third kappa shape index (κ3) is 1.33. The van der Waals surface area contributed by atoms with Gasteiger partial charge >= 0.3 is 0 Å². The van der Waals surface area contributed by atoms with Gasteiger partial charge in [-0.15, -0.1) is 0 Å². The molecule has 2 nitrogen and oxygen atoms in total. The molecular formula is C8H14F2O2. The van der Waals surface area contributed by atoms with Crippen molar-refractivity contribution in [3.63, 3.8) is 0 Å². The maximum atomic E-state index is 13.1. The lowest BCUT2D eigenvalue weighted by molar-refractivity contribution is -0.235. The van der Waals surface area contributed by atoms with E-state index in [2.05, 4.69) is 0 Å². The Balaban J connectivity index is 2.86. The Morgan fingerprint density at radius 2 is 1.92 bits per heavy atom. The van der Waals surface area contributed by atoms with E-state index in [0.717, 1.165) is 0 Å². The third-order valence-electron chi connectivity index (χ3n) is 2.69. The normalized spacial score (nSPS) is 47.5. The Morgan fingerprint density at radius 3 is 2.33 bits per heavy atom. The Bertz CT molecular complexity index is 180. The molecule has 1 aliphatic rings. The smallest absolute Gasteiger partial charge is 0.278 e. The maximum absolute atomic E-state index is 13.1. The summed E-state index contributed by atoms with van der Waals surface area (Å²) in [6.07, 6.45) is -1.46. The lowest BCUT2D eigenvalue weighted by Gasteiger charge is -2.42. The molecule has 0 amide bonds. The molecule has 0 heterocycles. The number of hydrogen-bond donors (Lipinski definition) is 2. The maximum Gasteiger partial charge on any atom is 0.278 e. The van der Waals surface area contributed by atoms with Crippen molar-refractivity contribution in [1.29, 1.82) is 0 Å². The average Bonchev–Trinajstić information content (AvgIpc) is 1.96. The van der Waals surface area contributed by atoms with Crippen molar-refractivity contribution in [2.24, 2.45) is 5.92 Å². The molecule has 12 heavy (non-hydrogen) atoms. The molecule has 0 bridgehead atoms. The van der Waals surface area contributed by atoms with Gasteiger partial charge in [0.15, 0.2) is 0 Å². The second kappa shape index (κ2) is 2.64. The summed E-state index contributed by atoms with van der Waals surface area (Å²) < 4.78 is 26.2. The van der Waals surface area contributed by atoms with Crippen molar-refractivity contribution in [3.8, 4) is 0 Å². The van der Waals surface area contributed by atoms with Gasteiger partial charge in [0.05, 0.1) is 5.60 Å². The zero-order chi connectivity index (χ0) is 9.57. The van der Waals surface area contributed by atoms with Crippen LogP contribution in [0.4, 0.5) is 8.78 Å². The molecule has 1 fully saturated rings. The molecule has 3 atom stereocenters. The molecule has 0 unspecified atom stereocenters. The van der Waals surface area contributed by atoms with Gasteiger partial charge in [-0.25, -0.2) is 8.78 Å². The summed E-state index contributed by atoms with van der Waals surface area (Å²) in [7, 11) is 0. The van der Waals surface area contributed by atoms with E-state index in [9.17, 15) is 13.9 Å². The monoisotopic (exact) mass is 180 g/mol. The van der Waals surface area contributed by atoms with E-state index in [1.54, 1.807) is 0 Å². The summed E-state index contributed by atoms with van der Waals surface area (Å²) in [4.78, 5) is 0. The molecule has 0 aromatic carbocycles. The van der Waals surface area contributed by atoms with Gasteiger partial charge in [0.1, 0.15) is 6.10 Å². The van der Waals surface area contributed by atoms with Crippen LogP contribution < -0.4 is 0 Å². The van der Waals surface area contributed by atoms with E-state index >= 15 is 0 Å². The molecule has 0 spiro atoms. The molecule has 0 saturated heterocycles. The van der Waals surface area contributed by atoms with Crippen LogP contribution in [0.15, 0.2) is 0 Å². The molecule has 4 heteroatoms. The van der Waals surface area contributed by atoms with Gasteiger partial charge in [-0.1, -0.05) is 6.92 Å². The number of aliphatic hydroxyl groups is 2. The Kier molecular flexibility index (Phi) is 2.17. The first kappa shape index (κ1) is 9.86. The minimum atomic E-state index is -3.16. The fourth-order valence-corrected chi connectivity index (χ4v) is 1.52. The summed E-state index contributed by atoms with van der Waals surface area (Å²) >= 11 is 0. The SMILES string of the molecule is C[C@H]1CC[C@](C)(O)[C@@H](O)C1(F)F. The Morgan fingerprint density at radius 1 is 1.42 bits per heavy atom. The standard InChI is InChI=1S/C8H14F2O2/c1-5-3-4-7(2,12)6(11)8(5,9)10/h5-6,11-12H,3-4H2,1-2H3/t5-,6+,7-/m0/s1. The van der Waals surface area contributed by atoms with Crippen molar-refractivity contribution < 1.29 is 19.0 Å². The minimum Gasteiger partial charge on any atom is -0.387 e. The van der Waals surface area contributed by atoms with E-state index in [-0.39, 0.29) is 12.8 Å². The molecular weight excluding hydrogens is 166 g/mol. The third-order valence-corrected chi connectivity index (χ3v) is 2.69. The molecule has 0 aromatic rings. The molecule has 72 valence electrons. The fourth-order valence-electron chi connectivity index (χ4n) is 1.52. The van der Waals surface area contributed by atoms with E-state index in [4.69, 9.17) is 5.11 Å². The first-order chi connectivity index (χ1) is 5.28. The highest BCUT2D eigenvalue weighted by Gasteiger charge is 2.55. The topological polar surface area (TPSA) is 40.5 Å². The van der Waals surface area contributed by atoms with Gasteiger partial charge in [0.25, 0.3) is 5.92 Å². The second-order valence-corrected chi connectivity index (χ2v) is 3.87. The van der Waals surface area contributed by atoms with Crippen LogP contribution in [0.25, 0.3) is 0 Å². The lowest BCUT2D eigenvalue weighted by Crippen LogP contribution is -2.57. The van der Waals surface area contributed by atoms with Crippen LogP contribution in [0.5, 0.6) is 0 Å². The van der Waals surface area contributed by atoms with Crippen molar-refractivity contribution in [2.45, 2.75) is 44.3 Å². The summed E-state index contributed by atoms with van der Waals surface area (Å²) in [5.41, 5.74) is -1.64. The molecule has 0 aliphatic heterocycles. The molecule has 1 saturated carbocycles. The van der Waals surface area contributed by atoms with Crippen molar-refractivity contribution in [3.05, 3.63) is 0 Å². The van der Waals surface area contributed by atoms with Gasteiger partial charge in [-0.2, -0.15) is 0 Å². The van der Waals surface area contributed by atoms with Gasteiger partial charge in [-0.3, -0.25) is 0 Å². The summed E-state index contributed by atoms with van der Waals surface area (Å²) in [5.74, 6) is -4.02. The summed E-state index contributed by atoms with van der Waals surface area (Å²) in [5, 5.41) is 18.5. The van der Waals surface area contributed by atoms with Crippen LogP contribution in [0.2, 0.25) is 0 Å². The van der Waals surface area contributed by atoms with Gasteiger partial charge < -0.3 is 10.2 Å². The van der Waals surface area contributed by atoms with Gasteiger partial charge in [0, 0.05) is 5.92 Å². The van der Waals surface area contributed by atoms with E-state index in [1.807, 2.05) is 0 Å². The van der Waals surface area contributed by atoms with Crippen LogP contribution in [0, 0.1) is 5.92 Å². The molecule has 1 rings (SSSR count). The highest BCUT2D eigenvalue weighted by molar-refractivity contribution is 4.99. The van der Waals surface area contributed by atoms with Crippen LogP contribution in [-0.4, -0.2) is 27.8 Å². The largest absolute Gasteiger partial charge is 0.387 e. The number of rotatable bonds is 0. The second-order valence-electron chi connectivity index (χ2n) is 3.87. The quantitative estimate of drug-likeness (QED) is 0.587. The highest BCUT2D eigenvalue weighted by atomic mass is 19.3. The van der Waals surface area contributed by atoms with Crippen LogP contribution in [-0.2, 0) is 0 Å². The summed E-state index contributed by atoms with van der Waals surface area (Å²) in [6, 6.07) is 0. The predicted octanol–water partition coefficient (Wildman–Crippen LogP) is 1.16. The van der Waals surface area contributed by atoms with Crippen LogP contribution in [0.1, 0.15) is 26.7 Å². The molecule has 0 aromatic heterocycles. The fraction of sp³-hybridized carbons (Fsp3) is 1.00. The minimum absolute atomic E-state index is 0.227.